The first-order chi connectivity index (χ1) is 7.75. The molecule has 0 unspecified atom stereocenters. The minimum Gasteiger partial charge on any atom is -0.396 e. The molecule has 16 heavy (non-hydrogen) atoms. The van der Waals surface area contributed by atoms with Gasteiger partial charge in [-0.3, -0.25) is 4.98 Å². The van der Waals surface area contributed by atoms with Gasteiger partial charge in [-0.1, -0.05) is 6.07 Å². The smallest absolute Gasteiger partial charge is 0.147 e. The maximum Gasteiger partial charge on any atom is 0.147 e. The number of nitrogens with two attached hydrogens (primary N) is 2. The molecule has 78 valence electrons. The van der Waals surface area contributed by atoms with Crippen molar-refractivity contribution in [1.29, 1.82) is 0 Å². The largest absolute Gasteiger partial charge is 0.396 e. The van der Waals surface area contributed by atoms with Crippen molar-refractivity contribution in [2.75, 3.05) is 11.5 Å². The summed E-state index contributed by atoms with van der Waals surface area (Å²) in [4.78, 5) is 8.59. The van der Waals surface area contributed by atoms with E-state index in [-0.39, 0.29) is 0 Å². The van der Waals surface area contributed by atoms with Gasteiger partial charge in [0.05, 0.1) is 16.7 Å². The Morgan fingerprint density at radius 2 is 1.94 bits per heavy atom. The normalized spacial score (nSPS) is 11.0. The fraction of sp³-hybridized carbons (Fsp3) is 0. The van der Waals surface area contributed by atoms with Crippen LogP contribution >= 0.6 is 0 Å². The van der Waals surface area contributed by atoms with Crippen molar-refractivity contribution in [2.45, 2.75) is 0 Å². The third kappa shape index (κ3) is 1.16. The van der Waals surface area contributed by atoms with Gasteiger partial charge in [-0.05, 0) is 24.3 Å². The first kappa shape index (κ1) is 8.91. The monoisotopic (exact) mass is 210 g/mol. The maximum absolute atomic E-state index is 5.73. The van der Waals surface area contributed by atoms with Crippen LogP contribution in [0.25, 0.3) is 21.8 Å². The number of fused-ring (bicyclic) bond motifs is 3. The Hall–Kier alpha value is -2.36. The molecule has 0 aliphatic heterocycles. The summed E-state index contributed by atoms with van der Waals surface area (Å²) in [6, 6.07) is 9.61. The van der Waals surface area contributed by atoms with Crippen molar-refractivity contribution in [3.05, 3.63) is 36.5 Å². The van der Waals surface area contributed by atoms with Gasteiger partial charge in [-0.25, -0.2) is 4.98 Å². The Balaban J connectivity index is 2.55. The van der Waals surface area contributed by atoms with E-state index in [1.54, 1.807) is 6.20 Å². The van der Waals surface area contributed by atoms with Crippen LogP contribution in [0.15, 0.2) is 36.5 Å². The lowest BCUT2D eigenvalue weighted by atomic mass is 10.1. The lowest BCUT2D eigenvalue weighted by Gasteiger charge is -2.05. The highest BCUT2D eigenvalue weighted by molar-refractivity contribution is 6.05. The molecule has 0 aliphatic rings. The average molecular weight is 210 g/mol. The molecule has 0 saturated carbocycles. The first-order valence-electron chi connectivity index (χ1n) is 4.95. The van der Waals surface area contributed by atoms with E-state index in [1.165, 1.54) is 0 Å². The molecule has 4 nitrogen and oxygen atoms in total. The highest BCUT2D eigenvalue weighted by Gasteiger charge is 2.05. The Labute approximate surface area is 91.9 Å². The van der Waals surface area contributed by atoms with Crippen molar-refractivity contribution in [3.8, 4) is 0 Å². The molecular weight excluding hydrogens is 200 g/mol. The van der Waals surface area contributed by atoms with E-state index in [0.717, 1.165) is 21.8 Å². The van der Waals surface area contributed by atoms with E-state index in [2.05, 4.69) is 9.97 Å². The van der Waals surface area contributed by atoms with Crippen LogP contribution in [0.5, 0.6) is 0 Å². The van der Waals surface area contributed by atoms with E-state index < -0.39 is 0 Å². The molecule has 0 saturated heterocycles. The minimum absolute atomic E-state index is 0.365. The summed E-state index contributed by atoms with van der Waals surface area (Å²) in [5.74, 6) is 0.365. The van der Waals surface area contributed by atoms with Crippen molar-refractivity contribution in [3.63, 3.8) is 0 Å². The number of hydrogen-bond donors (Lipinski definition) is 2. The standard InChI is InChI=1S/C12H10N4/c13-9-6-7-3-4-10-8(2-1-5-15-10)11(7)16-12(9)14/h1-6H,13H2,(H2,14,16). The highest BCUT2D eigenvalue weighted by atomic mass is 14.9. The predicted molar refractivity (Wildman–Crippen MR) is 65.9 cm³/mol. The van der Waals surface area contributed by atoms with Crippen molar-refractivity contribution < 1.29 is 0 Å². The van der Waals surface area contributed by atoms with Crippen LogP contribution in [0.1, 0.15) is 0 Å². The van der Waals surface area contributed by atoms with Crippen LogP contribution in [-0.4, -0.2) is 9.97 Å². The number of nitrogens with zero attached hydrogens (tertiary/aromatic N) is 2. The van der Waals surface area contributed by atoms with Crippen LogP contribution in [-0.2, 0) is 0 Å². The zero-order valence-electron chi connectivity index (χ0n) is 8.51. The van der Waals surface area contributed by atoms with Gasteiger partial charge in [0, 0.05) is 17.0 Å². The number of aromatic nitrogens is 2. The van der Waals surface area contributed by atoms with Crippen molar-refractivity contribution >= 4 is 33.3 Å². The SMILES string of the molecule is Nc1cc2ccc3ncccc3c2nc1N. The summed E-state index contributed by atoms with van der Waals surface area (Å²) in [7, 11) is 0. The molecule has 0 bridgehead atoms. The second-order valence-corrected chi connectivity index (χ2v) is 3.67. The van der Waals surface area contributed by atoms with Gasteiger partial charge < -0.3 is 11.5 Å². The third-order valence-electron chi connectivity index (χ3n) is 2.63. The second kappa shape index (κ2) is 3.06. The van der Waals surface area contributed by atoms with Gasteiger partial charge in [-0.15, -0.1) is 0 Å². The van der Waals surface area contributed by atoms with Crippen LogP contribution in [0, 0.1) is 0 Å². The molecule has 2 aromatic heterocycles. The fourth-order valence-corrected chi connectivity index (χ4v) is 1.82. The van der Waals surface area contributed by atoms with Gasteiger partial charge in [0.25, 0.3) is 0 Å². The fourth-order valence-electron chi connectivity index (χ4n) is 1.82. The molecule has 4 N–H and O–H groups in total. The van der Waals surface area contributed by atoms with Gasteiger partial charge >= 0.3 is 0 Å². The van der Waals surface area contributed by atoms with Gasteiger partial charge in [-0.2, -0.15) is 0 Å². The summed E-state index contributed by atoms with van der Waals surface area (Å²) in [5, 5.41) is 1.97. The molecule has 4 heteroatoms. The van der Waals surface area contributed by atoms with E-state index in [4.69, 9.17) is 11.5 Å². The Bertz CT molecular complexity index is 691. The number of nitrogen functional groups attached to an aromatic ring is 2. The quantitative estimate of drug-likeness (QED) is 0.556. The summed E-state index contributed by atoms with van der Waals surface area (Å²) in [6.45, 7) is 0. The summed E-state index contributed by atoms with van der Waals surface area (Å²) < 4.78 is 0. The van der Waals surface area contributed by atoms with Crippen LogP contribution in [0.4, 0.5) is 11.5 Å². The molecule has 3 rings (SSSR count). The number of anilines is 2. The van der Waals surface area contributed by atoms with E-state index in [0.29, 0.717) is 11.5 Å². The Morgan fingerprint density at radius 3 is 2.81 bits per heavy atom. The zero-order valence-corrected chi connectivity index (χ0v) is 8.51. The Morgan fingerprint density at radius 1 is 1.06 bits per heavy atom. The van der Waals surface area contributed by atoms with E-state index in [1.807, 2.05) is 30.3 Å². The minimum atomic E-state index is 0.365. The molecule has 1 aromatic carbocycles. The average Bonchev–Trinajstić information content (AvgIpc) is 2.31. The molecule has 3 aromatic rings. The summed E-state index contributed by atoms with van der Waals surface area (Å²) >= 11 is 0. The molecule has 0 radical (unpaired) electrons. The molecule has 0 spiro atoms. The number of benzene rings is 1. The van der Waals surface area contributed by atoms with E-state index in [9.17, 15) is 0 Å². The van der Waals surface area contributed by atoms with Gasteiger partial charge in [0.15, 0.2) is 0 Å². The van der Waals surface area contributed by atoms with Crippen LogP contribution < -0.4 is 11.5 Å². The second-order valence-electron chi connectivity index (χ2n) is 3.67. The topological polar surface area (TPSA) is 77.8 Å². The summed E-state index contributed by atoms with van der Waals surface area (Å²) in [5.41, 5.74) is 13.7. The first-order valence-corrected chi connectivity index (χ1v) is 4.95. The van der Waals surface area contributed by atoms with Gasteiger partial charge in [0.1, 0.15) is 5.82 Å². The summed E-state index contributed by atoms with van der Waals surface area (Å²) in [6.07, 6.45) is 1.76. The highest BCUT2D eigenvalue weighted by Crippen LogP contribution is 2.26. The van der Waals surface area contributed by atoms with Crippen molar-refractivity contribution in [2.24, 2.45) is 0 Å². The predicted octanol–water partition coefficient (Wildman–Crippen LogP) is 1.95. The lowest BCUT2D eigenvalue weighted by molar-refractivity contribution is 1.39. The number of pyridine rings is 2. The maximum atomic E-state index is 5.73. The number of rotatable bonds is 0. The van der Waals surface area contributed by atoms with Gasteiger partial charge in [0.2, 0.25) is 0 Å². The van der Waals surface area contributed by atoms with Crippen molar-refractivity contribution in [1.82, 2.24) is 9.97 Å². The van der Waals surface area contributed by atoms with Crippen LogP contribution in [0.2, 0.25) is 0 Å². The lowest BCUT2D eigenvalue weighted by Crippen LogP contribution is -1.98. The molecule has 0 aliphatic carbocycles. The zero-order chi connectivity index (χ0) is 11.1. The molecular formula is C12H10N4. The van der Waals surface area contributed by atoms with Crippen LogP contribution in [0.3, 0.4) is 0 Å². The molecule has 0 fully saturated rings. The molecule has 0 amide bonds. The third-order valence-corrected chi connectivity index (χ3v) is 2.63. The number of hydrogen-bond acceptors (Lipinski definition) is 4. The Kier molecular flexibility index (Phi) is 1.71. The molecule has 2 heterocycles. The van der Waals surface area contributed by atoms with E-state index >= 15 is 0 Å². The molecule has 0 atom stereocenters.